The number of aromatic nitrogens is 2. The molecule has 0 radical (unpaired) electrons. The Kier molecular flexibility index (Phi) is 4.19. The summed E-state index contributed by atoms with van der Waals surface area (Å²) in [6.07, 6.45) is 0.475. The van der Waals surface area contributed by atoms with E-state index in [2.05, 4.69) is 15.5 Å². The Bertz CT molecular complexity index is 609. The van der Waals surface area contributed by atoms with Crippen LogP contribution in [0, 0.1) is 6.92 Å². The SMILES string of the molecule is COc1ccc(C(=O)NCCc2nc(C)no2)c(N)c1. The van der Waals surface area contributed by atoms with Crippen molar-refractivity contribution in [2.45, 2.75) is 13.3 Å². The summed E-state index contributed by atoms with van der Waals surface area (Å²) >= 11 is 0. The number of anilines is 1. The minimum absolute atomic E-state index is 0.249. The number of hydrogen-bond donors (Lipinski definition) is 2. The Morgan fingerprint density at radius 2 is 2.30 bits per heavy atom. The molecule has 0 saturated carbocycles. The smallest absolute Gasteiger partial charge is 0.253 e. The zero-order valence-electron chi connectivity index (χ0n) is 11.3. The van der Waals surface area contributed by atoms with Gasteiger partial charge in [0.05, 0.1) is 12.7 Å². The van der Waals surface area contributed by atoms with Crippen molar-refractivity contribution in [2.75, 3.05) is 19.4 Å². The summed E-state index contributed by atoms with van der Waals surface area (Å²) in [7, 11) is 1.54. The fourth-order valence-electron chi connectivity index (χ4n) is 1.69. The Labute approximate surface area is 116 Å². The normalized spacial score (nSPS) is 10.3. The Balaban J connectivity index is 1.91. The van der Waals surface area contributed by atoms with Gasteiger partial charge in [-0.15, -0.1) is 0 Å². The first-order valence-electron chi connectivity index (χ1n) is 6.11. The van der Waals surface area contributed by atoms with Crippen LogP contribution in [-0.4, -0.2) is 29.7 Å². The van der Waals surface area contributed by atoms with Gasteiger partial charge < -0.3 is 20.3 Å². The first kappa shape index (κ1) is 13.9. The number of rotatable bonds is 5. The van der Waals surface area contributed by atoms with Crippen LogP contribution < -0.4 is 15.8 Å². The van der Waals surface area contributed by atoms with Gasteiger partial charge in [0.15, 0.2) is 5.82 Å². The molecule has 0 unspecified atom stereocenters. The summed E-state index contributed by atoms with van der Waals surface area (Å²) in [6.45, 7) is 2.13. The standard InChI is InChI=1S/C13H16N4O3/c1-8-16-12(20-17-8)5-6-15-13(18)10-4-3-9(19-2)7-11(10)14/h3-4,7H,5-6,14H2,1-2H3,(H,15,18). The molecule has 2 aromatic rings. The Morgan fingerprint density at radius 1 is 1.50 bits per heavy atom. The maximum Gasteiger partial charge on any atom is 0.253 e. The summed E-state index contributed by atoms with van der Waals surface area (Å²) in [5, 5.41) is 6.42. The molecule has 0 aliphatic rings. The van der Waals surface area contributed by atoms with Crippen molar-refractivity contribution in [3.05, 3.63) is 35.5 Å². The number of nitrogens with two attached hydrogens (primary N) is 1. The van der Waals surface area contributed by atoms with E-state index in [1.807, 2.05) is 0 Å². The number of nitrogen functional groups attached to an aromatic ring is 1. The molecule has 0 spiro atoms. The zero-order valence-corrected chi connectivity index (χ0v) is 11.3. The molecule has 1 amide bonds. The number of methoxy groups -OCH3 is 1. The van der Waals surface area contributed by atoms with Crippen molar-refractivity contribution in [3.63, 3.8) is 0 Å². The number of ether oxygens (including phenoxy) is 1. The highest BCUT2D eigenvalue weighted by Crippen LogP contribution is 2.19. The van der Waals surface area contributed by atoms with Crippen LogP contribution in [0.3, 0.4) is 0 Å². The summed E-state index contributed by atoms with van der Waals surface area (Å²) in [5.41, 5.74) is 6.58. The van der Waals surface area contributed by atoms with Crippen molar-refractivity contribution in [3.8, 4) is 5.75 Å². The summed E-state index contributed by atoms with van der Waals surface area (Å²) in [4.78, 5) is 16.0. The number of amides is 1. The molecule has 3 N–H and O–H groups in total. The Morgan fingerprint density at radius 3 is 2.90 bits per heavy atom. The average molecular weight is 276 g/mol. The summed E-state index contributed by atoms with van der Waals surface area (Å²) in [5.74, 6) is 1.43. The van der Waals surface area contributed by atoms with Gasteiger partial charge >= 0.3 is 0 Å². The molecule has 0 saturated heterocycles. The first-order chi connectivity index (χ1) is 9.60. The van der Waals surface area contributed by atoms with E-state index in [1.54, 1.807) is 32.2 Å². The van der Waals surface area contributed by atoms with Gasteiger partial charge in [-0.2, -0.15) is 4.98 Å². The molecule has 1 heterocycles. The fourth-order valence-corrected chi connectivity index (χ4v) is 1.69. The molecule has 0 aliphatic carbocycles. The number of benzene rings is 1. The predicted octanol–water partition coefficient (Wildman–Crippen LogP) is 0.941. The van der Waals surface area contributed by atoms with E-state index in [-0.39, 0.29) is 5.91 Å². The van der Waals surface area contributed by atoms with Gasteiger partial charge in [0.25, 0.3) is 5.91 Å². The molecule has 2 rings (SSSR count). The van der Waals surface area contributed by atoms with E-state index in [0.29, 0.717) is 41.7 Å². The third-order valence-corrected chi connectivity index (χ3v) is 2.70. The second kappa shape index (κ2) is 6.05. The maximum atomic E-state index is 12.0. The van der Waals surface area contributed by atoms with Gasteiger partial charge in [0.1, 0.15) is 5.75 Å². The number of hydrogen-bond acceptors (Lipinski definition) is 6. The molecule has 0 bridgehead atoms. The molecule has 0 aliphatic heterocycles. The second-order valence-electron chi connectivity index (χ2n) is 4.19. The van der Waals surface area contributed by atoms with Gasteiger partial charge in [-0.1, -0.05) is 5.16 Å². The van der Waals surface area contributed by atoms with Gasteiger partial charge in [-0.25, -0.2) is 0 Å². The minimum atomic E-state index is -0.249. The molecule has 20 heavy (non-hydrogen) atoms. The van der Waals surface area contributed by atoms with Crippen LogP contribution in [-0.2, 0) is 6.42 Å². The number of carbonyl (C=O) groups excluding carboxylic acids is 1. The van der Waals surface area contributed by atoms with E-state index in [9.17, 15) is 4.79 Å². The second-order valence-corrected chi connectivity index (χ2v) is 4.19. The van der Waals surface area contributed by atoms with E-state index >= 15 is 0 Å². The molecular weight excluding hydrogens is 260 g/mol. The monoisotopic (exact) mass is 276 g/mol. The maximum absolute atomic E-state index is 12.0. The molecule has 1 aromatic heterocycles. The van der Waals surface area contributed by atoms with Gasteiger partial charge in [0, 0.05) is 24.7 Å². The predicted molar refractivity (Wildman–Crippen MR) is 72.5 cm³/mol. The van der Waals surface area contributed by atoms with Gasteiger partial charge in [-0.05, 0) is 19.1 Å². The quantitative estimate of drug-likeness (QED) is 0.788. The van der Waals surface area contributed by atoms with Gasteiger partial charge in [-0.3, -0.25) is 4.79 Å². The van der Waals surface area contributed by atoms with Gasteiger partial charge in [0.2, 0.25) is 5.89 Å². The van der Waals surface area contributed by atoms with Crippen LogP contribution in [0.4, 0.5) is 5.69 Å². The minimum Gasteiger partial charge on any atom is -0.497 e. The fraction of sp³-hybridized carbons (Fsp3) is 0.308. The molecule has 7 nitrogen and oxygen atoms in total. The van der Waals surface area contributed by atoms with Crippen molar-refractivity contribution >= 4 is 11.6 Å². The molecule has 0 atom stereocenters. The lowest BCUT2D eigenvalue weighted by atomic mass is 10.1. The van der Waals surface area contributed by atoms with E-state index in [4.69, 9.17) is 15.0 Å². The highest BCUT2D eigenvalue weighted by Gasteiger charge is 2.11. The topological polar surface area (TPSA) is 103 Å². The Hall–Kier alpha value is -2.57. The average Bonchev–Trinajstić information content (AvgIpc) is 2.84. The third kappa shape index (κ3) is 3.25. The lowest BCUT2D eigenvalue weighted by molar-refractivity contribution is 0.0954. The summed E-state index contributed by atoms with van der Waals surface area (Å²) in [6, 6.07) is 4.92. The van der Waals surface area contributed by atoms with Crippen LogP contribution in [0.25, 0.3) is 0 Å². The lowest BCUT2D eigenvalue weighted by Gasteiger charge is -2.08. The highest BCUT2D eigenvalue weighted by atomic mass is 16.5. The lowest BCUT2D eigenvalue weighted by Crippen LogP contribution is -2.26. The van der Waals surface area contributed by atoms with Crippen LogP contribution >= 0.6 is 0 Å². The van der Waals surface area contributed by atoms with E-state index in [0.717, 1.165) is 0 Å². The molecule has 7 heteroatoms. The third-order valence-electron chi connectivity index (χ3n) is 2.70. The molecule has 106 valence electrons. The number of nitrogens with zero attached hydrogens (tertiary/aromatic N) is 2. The van der Waals surface area contributed by atoms with Crippen LogP contribution in [0.15, 0.2) is 22.7 Å². The molecule has 1 aromatic carbocycles. The first-order valence-corrected chi connectivity index (χ1v) is 6.11. The zero-order chi connectivity index (χ0) is 14.5. The van der Waals surface area contributed by atoms with Crippen LogP contribution in [0.2, 0.25) is 0 Å². The van der Waals surface area contributed by atoms with E-state index in [1.165, 1.54) is 0 Å². The number of nitrogens with one attached hydrogen (secondary N) is 1. The number of carbonyl (C=O) groups is 1. The molecular formula is C13H16N4O3. The largest absolute Gasteiger partial charge is 0.497 e. The van der Waals surface area contributed by atoms with Crippen LogP contribution in [0.5, 0.6) is 5.75 Å². The molecule has 0 fully saturated rings. The van der Waals surface area contributed by atoms with Crippen molar-refractivity contribution < 1.29 is 14.1 Å². The summed E-state index contributed by atoms with van der Waals surface area (Å²) < 4.78 is 9.98. The number of aryl methyl sites for hydroxylation is 1. The van der Waals surface area contributed by atoms with Crippen molar-refractivity contribution in [2.24, 2.45) is 0 Å². The van der Waals surface area contributed by atoms with Crippen molar-refractivity contribution in [1.82, 2.24) is 15.5 Å². The highest BCUT2D eigenvalue weighted by molar-refractivity contribution is 5.99. The van der Waals surface area contributed by atoms with Crippen LogP contribution in [0.1, 0.15) is 22.1 Å². The van der Waals surface area contributed by atoms with Crippen molar-refractivity contribution in [1.29, 1.82) is 0 Å². The van der Waals surface area contributed by atoms with E-state index < -0.39 is 0 Å².